The van der Waals surface area contributed by atoms with Gasteiger partial charge in [0.05, 0.1) is 0 Å². The van der Waals surface area contributed by atoms with Crippen LogP contribution in [0.3, 0.4) is 0 Å². The highest BCUT2D eigenvalue weighted by atomic mass is 32.2. The van der Waals surface area contributed by atoms with E-state index in [9.17, 15) is 13.2 Å². The number of hydrogen-bond donors (Lipinski definition) is 1. The highest BCUT2D eigenvalue weighted by Crippen LogP contribution is 2.37. The predicted molar refractivity (Wildman–Crippen MR) is 74.3 cm³/mol. The topological polar surface area (TPSA) is 26.0 Å². The van der Waals surface area contributed by atoms with Crippen LogP contribution in [0.5, 0.6) is 0 Å². The van der Waals surface area contributed by atoms with Crippen molar-refractivity contribution in [3.63, 3.8) is 0 Å². The van der Waals surface area contributed by atoms with Crippen molar-refractivity contribution in [3.05, 3.63) is 29.3 Å². The van der Waals surface area contributed by atoms with Crippen LogP contribution in [0.25, 0.3) is 0 Å². The molecule has 1 aromatic carbocycles. The molecule has 1 rings (SSSR count). The Bertz CT molecular complexity index is 404. The third-order valence-corrected chi connectivity index (χ3v) is 3.61. The first-order valence-corrected chi connectivity index (χ1v) is 7.23. The van der Waals surface area contributed by atoms with E-state index in [0.717, 1.165) is 36.8 Å². The number of benzene rings is 1. The SMILES string of the molecule is CC[C@H](N)CCCc1cc(C)cc(SC(F)(F)F)c1. The van der Waals surface area contributed by atoms with Crippen molar-refractivity contribution in [2.24, 2.45) is 5.73 Å². The molecule has 5 heteroatoms. The van der Waals surface area contributed by atoms with Gasteiger partial charge in [-0.15, -0.1) is 0 Å². The molecule has 1 aromatic rings. The second-order valence-corrected chi connectivity index (χ2v) is 5.90. The molecule has 0 aliphatic heterocycles. The van der Waals surface area contributed by atoms with Gasteiger partial charge in [-0.2, -0.15) is 13.2 Å². The molecule has 0 spiro atoms. The molecule has 0 fully saturated rings. The van der Waals surface area contributed by atoms with Crippen molar-refractivity contribution >= 4 is 11.8 Å². The van der Waals surface area contributed by atoms with Crippen molar-refractivity contribution in [2.75, 3.05) is 0 Å². The molecule has 0 aliphatic carbocycles. The molecule has 0 radical (unpaired) electrons. The van der Waals surface area contributed by atoms with Crippen LogP contribution in [0, 0.1) is 6.92 Å². The van der Waals surface area contributed by atoms with Gasteiger partial charge in [-0.05, 0) is 67.6 Å². The number of hydrogen-bond acceptors (Lipinski definition) is 2. The average Bonchev–Trinajstić information content (AvgIpc) is 2.25. The smallest absolute Gasteiger partial charge is 0.328 e. The first kappa shape index (κ1) is 16.4. The quantitative estimate of drug-likeness (QED) is 0.771. The summed E-state index contributed by atoms with van der Waals surface area (Å²) in [5, 5.41) is 0. The minimum Gasteiger partial charge on any atom is -0.328 e. The van der Waals surface area contributed by atoms with Gasteiger partial charge in [0, 0.05) is 10.9 Å². The summed E-state index contributed by atoms with van der Waals surface area (Å²) < 4.78 is 37.1. The Morgan fingerprint density at radius 3 is 2.53 bits per heavy atom. The van der Waals surface area contributed by atoms with E-state index in [1.807, 2.05) is 19.9 Å². The van der Waals surface area contributed by atoms with Crippen molar-refractivity contribution in [1.82, 2.24) is 0 Å². The zero-order valence-electron chi connectivity index (χ0n) is 11.3. The molecule has 19 heavy (non-hydrogen) atoms. The van der Waals surface area contributed by atoms with E-state index in [1.54, 1.807) is 12.1 Å². The Morgan fingerprint density at radius 2 is 1.95 bits per heavy atom. The summed E-state index contributed by atoms with van der Waals surface area (Å²) in [6.07, 6.45) is 3.53. The molecule has 0 unspecified atom stereocenters. The van der Waals surface area contributed by atoms with E-state index in [4.69, 9.17) is 5.73 Å². The maximum Gasteiger partial charge on any atom is 0.446 e. The van der Waals surface area contributed by atoms with Gasteiger partial charge in [-0.1, -0.05) is 13.0 Å². The van der Waals surface area contributed by atoms with Crippen LogP contribution in [0.15, 0.2) is 23.1 Å². The van der Waals surface area contributed by atoms with Crippen LogP contribution in [0.1, 0.15) is 37.3 Å². The third kappa shape index (κ3) is 6.87. The summed E-state index contributed by atoms with van der Waals surface area (Å²) in [6, 6.07) is 5.33. The lowest BCUT2D eigenvalue weighted by atomic mass is 10.0. The number of aryl methyl sites for hydroxylation is 2. The fraction of sp³-hybridized carbons (Fsp3) is 0.571. The second-order valence-electron chi connectivity index (χ2n) is 4.76. The van der Waals surface area contributed by atoms with E-state index in [2.05, 4.69) is 0 Å². The second kappa shape index (κ2) is 7.20. The van der Waals surface area contributed by atoms with Crippen molar-refractivity contribution < 1.29 is 13.2 Å². The molecule has 0 heterocycles. The van der Waals surface area contributed by atoms with Crippen LogP contribution < -0.4 is 5.73 Å². The first-order chi connectivity index (χ1) is 8.80. The fourth-order valence-electron chi connectivity index (χ4n) is 1.93. The largest absolute Gasteiger partial charge is 0.446 e. The standard InChI is InChI=1S/C14H20F3NS/c1-3-12(18)6-4-5-11-7-10(2)8-13(9-11)19-14(15,16)17/h7-9,12H,3-6,18H2,1-2H3/t12-/m0/s1. The van der Waals surface area contributed by atoms with Crippen molar-refractivity contribution in [3.8, 4) is 0 Å². The lowest BCUT2D eigenvalue weighted by Crippen LogP contribution is -2.18. The number of rotatable bonds is 6. The van der Waals surface area contributed by atoms with Gasteiger partial charge < -0.3 is 5.73 Å². The summed E-state index contributed by atoms with van der Waals surface area (Å²) in [5.41, 5.74) is 3.42. The van der Waals surface area contributed by atoms with E-state index < -0.39 is 5.51 Å². The van der Waals surface area contributed by atoms with Crippen LogP contribution in [-0.2, 0) is 6.42 Å². The van der Waals surface area contributed by atoms with E-state index in [-0.39, 0.29) is 22.7 Å². The molecule has 108 valence electrons. The van der Waals surface area contributed by atoms with Gasteiger partial charge in [0.1, 0.15) is 0 Å². The Morgan fingerprint density at radius 1 is 1.26 bits per heavy atom. The molecular weight excluding hydrogens is 271 g/mol. The lowest BCUT2D eigenvalue weighted by Gasteiger charge is -2.11. The Kier molecular flexibility index (Phi) is 6.20. The molecule has 1 atom stereocenters. The van der Waals surface area contributed by atoms with E-state index in [1.165, 1.54) is 0 Å². The lowest BCUT2D eigenvalue weighted by molar-refractivity contribution is -0.0328. The maximum absolute atomic E-state index is 12.4. The van der Waals surface area contributed by atoms with Gasteiger partial charge in [-0.25, -0.2) is 0 Å². The predicted octanol–water partition coefficient (Wildman–Crippen LogP) is 4.67. The van der Waals surface area contributed by atoms with Crippen molar-refractivity contribution in [1.29, 1.82) is 0 Å². The summed E-state index contributed by atoms with van der Waals surface area (Å²) in [5.74, 6) is 0. The Labute approximate surface area is 116 Å². The highest BCUT2D eigenvalue weighted by molar-refractivity contribution is 8.00. The Balaban J connectivity index is 2.63. The number of halogens is 3. The van der Waals surface area contributed by atoms with E-state index in [0.29, 0.717) is 0 Å². The number of nitrogens with two attached hydrogens (primary N) is 1. The third-order valence-electron chi connectivity index (χ3n) is 2.91. The molecule has 1 nitrogen and oxygen atoms in total. The molecule has 0 bridgehead atoms. The monoisotopic (exact) mass is 291 g/mol. The normalized spacial score (nSPS) is 13.6. The van der Waals surface area contributed by atoms with Crippen LogP contribution in [0.4, 0.5) is 13.2 Å². The molecule has 2 N–H and O–H groups in total. The summed E-state index contributed by atoms with van der Waals surface area (Å²) in [4.78, 5) is 0.266. The average molecular weight is 291 g/mol. The highest BCUT2D eigenvalue weighted by Gasteiger charge is 2.29. The molecule has 0 amide bonds. The molecule has 0 aliphatic rings. The first-order valence-electron chi connectivity index (χ1n) is 6.42. The van der Waals surface area contributed by atoms with Crippen LogP contribution in [0.2, 0.25) is 0 Å². The molecule has 0 saturated heterocycles. The maximum atomic E-state index is 12.4. The van der Waals surface area contributed by atoms with E-state index >= 15 is 0 Å². The number of alkyl halides is 3. The van der Waals surface area contributed by atoms with Gasteiger partial charge in [0.25, 0.3) is 0 Å². The zero-order valence-corrected chi connectivity index (χ0v) is 12.1. The molecule has 0 aromatic heterocycles. The minimum atomic E-state index is -4.23. The van der Waals surface area contributed by atoms with Gasteiger partial charge in [0.2, 0.25) is 0 Å². The summed E-state index contributed by atoms with van der Waals surface area (Å²) in [7, 11) is 0. The fourth-order valence-corrected chi connectivity index (χ4v) is 2.66. The van der Waals surface area contributed by atoms with Gasteiger partial charge in [0.15, 0.2) is 0 Å². The Hall–Kier alpha value is -0.680. The van der Waals surface area contributed by atoms with Gasteiger partial charge >= 0.3 is 5.51 Å². The summed E-state index contributed by atoms with van der Waals surface area (Å²) >= 11 is -0.0514. The van der Waals surface area contributed by atoms with Crippen molar-refractivity contribution in [2.45, 2.75) is 56.0 Å². The zero-order chi connectivity index (χ0) is 14.5. The molecular formula is C14H20F3NS. The summed E-state index contributed by atoms with van der Waals surface area (Å²) in [6.45, 7) is 3.86. The van der Waals surface area contributed by atoms with Crippen LogP contribution >= 0.6 is 11.8 Å². The molecule has 0 saturated carbocycles. The van der Waals surface area contributed by atoms with Crippen LogP contribution in [-0.4, -0.2) is 11.6 Å². The minimum absolute atomic E-state index is 0.0514. The van der Waals surface area contributed by atoms with Gasteiger partial charge in [-0.3, -0.25) is 0 Å². The number of thioether (sulfide) groups is 1.